The van der Waals surface area contributed by atoms with Crippen LogP contribution in [0.2, 0.25) is 0 Å². The number of imidazole rings is 1. The van der Waals surface area contributed by atoms with Crippen molar-refractivity contribution < 1.29 is 13.9 Å². The minimum atomic E-state index is -0.397. The Labute approximate surface area is 119 Å². The molecule has 6 heteroatoms. The summed E-state index contributed by atoms with van der Waals surface area (Å²) in [7, 11) is 1.33. The summed E-state index contributed by atoms with van der Waals surface area (Å²) in [4.78, 5) is 22.7. The number of halogens is 1. The van der Waals surface area contributed by atoms with Gasteiger partial charge in [0.25, 0.3) is 0 Å². The molecule has 2 aromatic heterocycles. The van der Waals surface area contributed by atoms with E-state index in [4.69, 9.17) is 0 Å². The number of esters is 1. The van der Waals surface area contributed by atoms with Crippen LogP contribution < -0.4 is 0 Å². The number of carbonyl (C=O) groups excluding carboxylic acids is 1. The molecule has 0 amide bonds. The molecule has 0 atom stereocenters. The molecule has 0 aliphatic rings. The highest BCUT2D eigenvalue weighted by Gasteiger charge is 2.12. The van der Waals surface area contributed by atoms with Crippen molar-refractivity contribution in [3.8, 4) is 11.4 Å². The maximum absolute atomic E-state index is 13.5. The maximum atomic E-state index is 13.5. The zero-order valence-electron chi connectivity index (χ0n) is 11.5. The van der Waals surface area contributed by atoms with Crippen molar-refractivity contribution in [2.45, 2.75) is 6.92 Å². The lowest BCUT2D eigenvalue weighted by Crippen LogP contribution is -2.00. The third-order valence-corrected chi connectivity index (χ3v) is 3.30. The molecule has 0 spiro atoms. The SMILES string of the molecule is COC(=O)c1ccc(-c2nc3ncc(F)c(C)c3[nH]2)cc1. The van der Waals surface area contributed by atoms with Gasteiger partial charge in [-0.1, -0.05) is 12.1 Å². The van der Waals surface area contributed by atoms with Gasteiger partial charge in [-0.2, -0.15) is 0 Å². The van der Waals surface area contributed by atoms with Crippen molar-refractivity contribution in [3.05, 3.63) is 47.4 Å². The molecular weight excluding hydrogens is 273 g/mol. The monoisotopic (exact) mass is 285 g/mol. The van der Waals surface area contributed by atoms with E-state index in [2.05, 4.69) is 19.7 Å². The molecule has 0 aliphatic heterocycles. The fourth-order valence-electron chi connectivity index (χ4n) is 2.07. The number of nitrogens with one attached hydrogen (secondary N) is 1. The summed E-state index contributed by atoms with van der Waals surface area (Å²) in [5.74, 6) is -0.202. The van der Waals surface area contributed by atoms with Crippen LogP contribution in [0.1, 0.15) is 15.9 Å². The number of benzene rings is 1. The van der Waals surface area contributed by atoms with Crippen molar-refractivity contribution in [2.75, 3.05) is 7.11 Å². The van der Waals surface area contributed by atoms with E-state index < -0.39 is 5.97 Å². The molecule has 0 bridgehead atoms. The summed E-state index contributed by atoms with van der Waals surface area (Å²) < 4.78 is 18.1. The summed E-state index contributed by atoms with van der Waals surface area (Å²) in [5.41, 5.74) is 2.74. The molecule has 0 saturated heterocycles. The Balaban J connectivity index is 2.04. The molecule has 106 valence electrons. The molecule has 0 aliphatic carbocycles. The van der Waals surface area contributed by atoms with Crippen molar-refractivity contribution in [1.29, 1.82) is 0 Å². The molecule has 3 aromatic rings. The second-order valence-corrected chi connectivity index (χ2v) is 4.58. The Bertz CT molecular complexity index is 825. The third kappa shape index (κ3) is 2.24. The van der Waals surface area contributed by atoms with Gasteiger partial charge in [0.2, 0.25) is 0 Å². The number of fused-ring (bicyclic) bond motifs is 1. The lowest BCUT2D eigenvalue weighted by Gasteiger charge is -2.00. The van der Waals surface area contributed by atoms with Crippen molar-refractivity contribution in [1.82, 2.24) is 15.0 Å². The summed E-state index contributed by atoms with van der Waals surface area (Å²) in [5, 5.41) is 0. The van der Waals surface area contributed by atoms with Gasteiger partial charge in [-0.3, -0.25) is 0 Å². The number of pyridine rings is 1. The first-order valence-electron chi connectivity index (χ1n) is 6.29. The molecule has 1 N–H and O–H groups in total. The number of hydrogen-bond acceptors (Lipinski definition) is 4. The predicted molar refractivity (Wildman–Crippen MR) is 75.4 cm³/mol. The molecule has 0 fully saturated rings. The largest absolute Gasteiger partial charge is 0.465 e. The number of aromatic amines is 1. The van der Waals surface area contributed by atoms with Crippen LogP contribution in [0.4, 0.5) is 4.39 Å². The number of rotatable bonds is 2. The van der Waals surface area contributed by atoms with Gasteiger partial charge in [-0.05, 0) is 19.1 Å². The lowest BCUT2D eigenvalue weighted by atomic mass is 10.1. The van der Waals surface area contributed by atoms with Crippen molar-refractivity contribution >= 4 is 17.1 Å². The number of hydrogen-bond donors (Lipinski definition) is 1. The van der Waals surface area contributed by atoms with Crippen LogP contribution in [0, 0.1) is 12.7 Å². The first kappa shape index (κ1) is 13.2. The van der Waals surface area contributed by atoms with Gasteiger partial charge < -0.3 is 9.72 Å². The Kier molecular flexibility index (Phi) is 3.13. The van der Waals surface area contributed by atoms with Gasteiger partial charge in [0.05, 0.1) is 24.4 Å². The number of nitrogens with zero attached hydrogens (tertiary/aromatic N) is 2. The Morgan fingerprint density at radius 1 is 1.29 bits per heavy atom. The molecule has 3 rings (SSSR count). The average Bonchev–Trinajstić information content (AvgIpc) is 2.95. The van der Waals surface area contributed by atoms with Crippen LogP contribution in [0.15, 0.2) is 30.5 Å². The van der Waals surface area contributed by atoms with Crippen LogP contribution in [0.3, 0.4) is 0 Å². The summed E-state index contributed by atoms with van der Waals surface area (Å²) in [6.07, 6.45) is 1.16. The molecular formula is C15H12FN3O2. The molecule has 0 unspecified atom stereocenters. The van der Waals surface area contributed by atoms with E-state index in [-0.39, 0.29) is 5.82 Å². The zero-order chi connectivity index (χ0) is 15.0. The van der Waals surface area contributed by atoms with E-state index in [9.17, 15) is 9.18 Å². The highest BCUT2D eigenvalue weighted by Crippen LogP contribution is 2.23. The van der Waals surface area contributed by atoms with Crippen LogP contribution in [0.25, 0.3) is 22.6 Å². The Morgan fingerprint density at radius 2 is 2.00 bits per heavy atom. The normalized spacial score (nSPS) is 10.8. The van der Waals surface area contributed by atoms with E-state index in [1.807, 2.05) is 0 Å². The fourth-order valence-corrected chi connectivity index (χ4v) is 2.07. The zero-order valence-corrected chi connectivity index (χ0v) is 11.5. The van der Waals surface area contributed by atoms with Gasteiger partial charge in [-0.25, -0.2) is 19.2 Å². The highest BCUT2D eigenvalue weighted by atomic mass is 19.1. The fraction of sp³-hybridized carbons (Fsp3) is 0.133. The number of carbonyl (C=O) groups is 1. The van der Waals surface area contributed by atoms with Crippen LogP contribution in [-0.2, 0) is 4.74 Å². The maximum Gasteiger partial charge on any atom is 0.337 e. The van der Waals surface area contributed by atoms with E-state index in [1.54, 1.807) is 31.2 Å². The van der Waals surface area contributed by atoms with Gasteiger partial charge in [0.15, 0.2) is 5.65 Å². The molecule has 0 saturated carbocycles. The first-order chi connectivity index (χ1) is 10.1. The number of aromatic nitrogens is 3. The molecule has 2 heterocycles. The van der Waals surface area contributed by atoms with Crippen LogP contribution in [-0.4, -0.2) is 28.0 Å². The second-order valence-electron chi connectivity index (χ2n) is 4.58. The molecule has 1 aromatic carbocycles. The van der Waals surface area contributed by atoms with Gasteiger partial charge in [-0.15, -0.1) is 0 Å². The number of methoxy groups -OCH3 is 1. The summed E-state index contributed by atoms with van der Waals surface area (Å²) >= 11 is 0. The summed E-state index contributed by atoms with van der Waals surface area (Å²) in [6.45, 7) is 1.67. The van der Waals surface area contributed by atoms with Gasteiger partial charge in [0.1, 0.15) is 11.6 Å². The van der Waals surface area contributed by atoms with Gasteiger partial charge >= 0.3 is 5.97 Å². The smallest absolute Gasteiger partial charge is 0.337 e. The standard InChI is InChI=1S/C15H12FN3O2/c1-8-11(16)7-17-14-12(8)18-13(19-14)9-3-5-10(6-4-9)15(20)21-2/h3-7H,1-2H3,(H,17,18,19). The Morgan fingerprint density at radius 3 is 2.67 bits per heavy atom. The molecule has 0 radical (unpaired) electrons. The van der Waals surface area contributed by atoms with Crippen molar-refractivity contribution in [2.24, 2.45) is 0 Å². The highest BCUT2D eigenvalue weighted by molar-refractivity contribution is 5.90. The van der Waals surface area contributed by atoms with E-state index in [0.29, 0.717) is 28.1 Å². The molecule has 21 heavy (non-hydrogen) atoms. The minimum absolute atomic E-state index is 0.376. The lowest BCUT2D eigenvalue weighted by molar-refractivity contribution is 0.0601. The third-order valence-electron chi connectivity index (χ3n) is 3.30. The topological polar surface area (TPSA) is 67.9 Å². The quantitative estimate of drug-likeness (QED) is 0.735. The van der Waals surface area contributed by atoms with Crippen LogP contribution >= 0.6 is 0 Å². The number of ether oxygens (including phenoxy) is 1. The predicted octanol–water partition coefficient (Wildman–Crippen LogP) is 2.86. The van der Waals surface area contributed by atoms with E-state index in [1.165, 1.54) is 7.11 Å². The molecule has 5 nitrogen and oxygen atoms in total. The Hall–Kier alpha value is -2.76. The summed E-state index contributed by atoms with van der Waals surface area (Å²) in [6, 6.07) is 6.79. The van der Waals surface area contributed by atoms with Crippen LogP contribution in [0.5, 0.6) is 0 Å². The van der Waals surface area contributed by atoms with Gasteiger partial charge in [0, 0.05) is 11.1 Å². The second kappa shape index (κ2) is 4.97. The van der Waals surface area contributed by atoms with Crippen molar-refractivity contribution in [3.63, 3.8) is 0 Å². The first-order valence-corrected chi connectivity index (χ1v) is 6.29. The minimum Gasteiger partial charge on any atom is -0.465 e. The van der Waals surface area contributed by atoms with E-state index in [0.717, 1.165) is 11.8 Å². The average molecular weight is 285 g/mol. The number of H-pyrrole nitrogens is 1. The number of aryl methyl sites for hydroxylation is 1. The van der Waals surface area contributed by atoms with E-state index >= 15 is 0 Å².